The second-order valence-electron chi connectivity index (χ2n) is 7.14. The average molecular weight is 427 g/mol. The van der Waals surface area contributed by atoms with Crippen LogP contribution in [0.5, 0.6) is 0 Å². The van der Waals surface area contributed by atoms with Crippen molar-refractivity contribution in [2.45, 2.75) is 18.7 Å². The van der Waals surface area contributed by atoms with Crippen LogP contribution >= 0.6 is 0 Å². The van der Waals surface area contributed by atoms with E-state index in [2.05, 4.69) is 38.8 Å². The molecule has 0 radical (unpaired) electrons. The molecule has 0 spiro atoms. The van der Waals surface area contributed by atoms with E-state index in [0.717, 1.165) is 30.1 Å². The summed E-state index contributed by atoms with van der Waals surface area (Å²) in [4.78, 5) is 8.78. The molecule has 158 valence electrons. The highest BCUT2D eigenvalue weighted by Crippen LogP contribution is 2.25. The van der Waals surface area contributed by atoms with Gasteiger partial charge in [-0.3, -0.25) is 4.98 Å². The van der Waals surface area contributed by atoms with Crippen LogP contribution in [0, 0.1) is 0 Å². The molecule has 0 N–H and O–H groups in total. The first kappa shape index (κ1) is 20.5. The first-order valence-electron chi connectivity index (χ1n) is 10.2. The van der Waals surface area contributed by atoms with Crippen LogP contribution in [0.2, 0.25) is 0 Å². The number of pyridine rings is 1. The van der Waals surface area contributed by atoms with Crippen molar-refractivity contribution in [3.05, 3.63) is 48.7 Å². The fraction of sp³-hybridized carbons (Fsp3) is 0.381. The summed E-state index contributed by atoms with van der Waals surface area (Å²) in [6.07, 6.45) is 1.62. The van der Waals surface area contributed by atoms with Gasteiger partial charge < -0.3 is 9.80 Å². The van der Waals surface area contributed by atoms with Crippen molar-refractivity contribution in [2.24, 2.45) is 0 Å². The van der Waals surface area contributed by atoms with Gasteiger partial charge in [0.05, 0.1) is 5.52 Å². The molecule has 1 saturated heterocycles. The zero-order valence-corrected chi connectivity index (χ0v) is 18.1. The number of sulfonamides is 1. The summed E-state index contributed by atoms with van der Waals surface area (Å²) in [6.45, 7) is 7.85. The summed E-state index contributed by atoms with van der Waals surface area (Å²) < 4.78 is 28.1. The fourth-order valence-electron chi connectivity index (χ4n) is 3.78. The molecule has 8 nitrogen and oxygen atoms in total. The normalized spacial score (nSPS) is 15.5. The van der Waals surface area contributed by atoms with E-state index in [1.165, 1.54) is 4.31 Å². The van der Waals surface area contributed by atoms with Crippen LogP contribution in [0.3, 0.4) is 0 Å². The first-order valence-corrected chi connectivity index (χ1v) is 11.7. The summed E-state index contributed by atoms with van der Waals surface area (Å²) >= 11 is 0. The van der Waals surface area contributed by atoms with Gasteiger partial charge in [0.15, 0.2) is 11.6 Å². The Morgan fingerprint density at radius 3 is 2.33 bits per heavy atom. The van der Waals surface area contributed by atoms with E-state index in [-0.39, 0.29) is 4.90 Å². The van der Waals surface area contributed by atoms with Gasteiger partial charge in [0.2, 0.25) is 10.0 Å². The SMILES string of the molecule is CCN(CC)c1ccc(N2CCN(S(=O)(=O)c3cccc4cccnc34)CC2)nn1. The Morgan fingerprint density at radius 1 is 0.933 bits per heavy atom. The molecular weight excluding hydrogens is 400 g/mol. The maximum Gasteiger partial charge on any atom is 0.245 e. The van der Waals surface area contributed by atoms with Gasteiger partial charge in [-0.05, 0) is 38.1 Å². The molecule has 2 aromatic heterocycles. The average Bonchev–Trinajstić information content (AvgIpc) is 2.80. The van der Waals surface area contributed by atoms with Crippen LogP contribution in [0.1, 0.15) is 13.8 Å². The van der Waals surface area contributed by atoms with E-state index in [0.29, 0.717) is 31.7 Å². The van der Waals surface area contributed by atoms with E-state index < -0.39 is 10.0 Å². The second-order valence-corrected chi connectivity index (χ2v) is 9.05. The van der Waals surface area contributed by atoms with Crippen LogP contribution in [0.4, 0.5) is 11.6 Å². The molecule has 0 bridgehead atoms. The number of benzene rings is 1. The zero-order chi connectivity index (χ0) is 21.1. The minimum Gasteiger partial charge on any atom is -0.356 e. The number of para-hydroxylation sites is 1. The Labute approximate surface area is 177 Å². The Balaban J connectivity index is 1.49. The highest BCUT2D eigenvalue weighted by molar-refractivity contribution is 7.89. The van der Waals surface area contributed by atoms with Crippen molar-refractivity contribution in [3.63, 3.8) is 0 Å². The topological polar surface area (TPSA) is 82.5 Å². The zero-order valence-electron chi connectivity index (χ0n) is 17.3. The largest absolute Gasteiger partial charge is 0.356 e. The lowest BCUT2D eigenvalue weighted by Crippen LogP contribution is -2.49. The molecule has 30 heavy (non-hydrogen) atoms. The van der Waals surface area contributed by atoms with Gasteiger partial charge >= 0.3 is 0 Å². The van der Waals surface area contributed by atoms with E-state index in [4.69, 9.17) is 0 Å². The van der Waals surface area contributed by atoms with Gasteiger partial charge in [-0.2, -0.15) is 4.31 Å². The third-order valence-corrected chi connectivity index (χ3v) is 7.43. The maximum absolute atomic E-state index is 13.3. The molecule has 0 amide bonds. The summed E-state index contributed by atoms with van der Waals surface area (Å²) in [7, 11) is -3.62. The molecule has 1 aliphatic rings. The lowest BCUT2D eigenvalue weighted by Gasteiger charge is -2.34. The summed E-state index contributed by atoms with van der Waals surface area (Å²) in [6, 6.07) is 12.9. The third kappa shape index (κ3) is 3.82. The Bertz CT molecular complexity index is 1100. The number of rotatable bonds is 6. The summed E-state index contributed by atoms with van der Waals surface area (Å²) in [5.74, 6) is 1.63. The fourth-order valence-corrected chi connectivity index (χ4v) is 5.37. The number of fused-ring (bicyclic) bond motifs is 1. The lowest BCUT2D eigenvalue weighted by atomic mass is 10.2. The van der Waals surface area contributed by atoms with Crippen LogP contribution < -0.4 is 9.80 Å². The van der Waals surface area contributed by atoms with Crippen LogP contribution in [-0.2, 0) is 10.0 Å². The summed E-state index contributed by atoms with van der Waals surface area (Å²) in [5.41, 5.74) is 0.514. The maximum atomic E-state index is 13.3. The highest BCUT2D eigenvalue weighted by Gasteiger charge is 2.30. The van der Waals surface area contributed by atoms with Gasteiger partial charge in [0, 0.05) is 50.9 Å². The molecule has 0 aliphatic carbocycles. The Morgan fingerprint density at radius 2 is 1.67 bits per heavy atom. The minimum absolute atomic E-state index is 0.261. The van der Waals surface area contributed by atoms with E-state index in [1.54, 1.807) is 18.3 Å². The molecule has 1 fully saturated rings. The molecule has 4 rings (SSSR count). The smallest absolute Gasteiger partial charge is 0.245 e. The van der Waals surface area contributed by atoms with Crippen LogP contribution in [-0.4, -0.2) is 67.2 Å². The van der Waals surface area contributed by atoms with Gasteiger partial charge in [-0.1, -0.05) is 18.2 Å². The number of piperazine rings is 1. The van der Waals surface area contributed by atoms with Crippen molar-refractivity contribution in [1.29, 1.82) is 0 Å². The van der Waals surface area contributed by atoms with E-state index in [9.17, 15) is 8.42 Å². The first-order chi connectivity index (χ1) is 14.5. The highest BCUT2D eigenvalue weighted by atomic mass is 32.2. The number of aromatic nitrogens is 3. The monoisotopic (exact) mass is 426 g/mol. The number of hydrogen-bond donors (Lipinski definition) is 0. The Hall–Kier alpha value is -2.78. The van der Waals surface area contributed by atoms with Crippen LogP contribution in [0.15, 0.2) is 53.6 Å². The standard InChI is InChI=1S/C21H26N6O2S/c1-3-25(4-2)19-10-11-20(24-23-19)26-13-15-27(16-14-26)30(28,29)18-9-5-7-17-8-6-12-22-21(17)18/h5-12H,3-4,13-16H2,1-2H3. The summed E-state index contributed by atoms with van der Waals surface area (Å²) in [5, 5.41) is 9.52. The Kier molecular flexibility index (Phi) is 5.83. The predicted molar refractivity (Wildman–Crippen MR) is 118 cm³/mol. The molecule has 0 atom stereocenters. The molecule has 1 aliphatic heterocycles. The molecule has 9 heteroatoms. The molecule has 0 unspecified atom stereocenters. The quantitative estimate of drug-likeness (QED) is 0.598. The number of hydrogen-bond acceptors (Lipinski definition) is 7. The molecule has 1 aromatic carbocycles. The second kappa shape index (κ2) is 8.53. The van der Waals surface area contributed by atoms with E-state index >= 15 is 0 Å². The van der Waals surface area contributed by atoms with E-state index in [1.807, 2.05) is 30.3 Å². The molecule has 0 saturated carbocycles. The van der Waals surface area contributed by atoms with Crippen molar-refractivity contribution < 1.29 is 8.42 Å². The molecular formula is C21H26N6O2S. The van der Waals surface area contributed by atoms with Gasteiger partial charge in [0.1, 0.15) is 4.90 Å². The van der Waals surface area contributed by atoms with Crippen LogP contribution in [0.25, 0.3) is 10.9 Å². The van der Waals surface area contributed by atoms with Crippen molar-refractivity contribution in [1.82, 2.24) is 19.5 Å². The van der Waals surface area contributed by atoms with Crippen molar-refractivity contribution in [3.8, 4) is 0 Å². The minimum atomic E-state index is -3.62. The number of anilines is 2. The third-order valence-electron chi connectivity index (χ3n) is 5.50. The molecule has 3 aromatic rings. The van der Waals surface area contributed by atoms with Gasteiger partial charge in [0.25, 0.3) is 0 Å². The van der Waals surface area contributed by atoms with Gasteiger partial charge in [-0.15, -0.1) is 10.2 Å². The van der Waals surface area contributed by atoms with Crippen molar-refractivity contribution >= 4 is 32.6 Å². The predicted octanol–water partition coefficient (Wildman–Crippen LogP) is 2.38. The molecule has 3 heterocycles. The lowest BCUT2D eigenvalue weighted by molar-refractivity contribution is 0.384. The van der Waals surface area contributed by atoms with Crippen molar-refractivity contribution in [2.75, 3.05) is 49.1 Å². The van der Waals surface area contributed by atoms with Gasteiger partial charge in [-0.25, -0.2) is 8.42 Å². The number of nitrogens with zero attached hydrogens (tertiary/aromatic N) is 6.